The molecule has 0 bridgehead atoms. The Morgan fingerprint density at radius 2 is 1.93 bits per heavy atom. The first-order chi connectivity index (χ1) is 14.4. The van der Waals surface area contributed by atoms with Crippen LogP contribution < -0.4 is 10.7 Å². The van der Waals surface area contributed by atoms with Gasteiger partial charge in [0.25, 0.3) is 0 Å². The van der Waals surface area contributed by atoms with Gasteiger partial charge < -0.3 is 14.8 Å². The number of carbonyl (C=O) groups is 2. The summed E-state index contributed by atoms with van der Waals surface area (Å²) in [4.78, 5) is 35.3. The number of aryl methyl sites for hydroxylation is 1. The van der Waals surface area contributed by atoms with E-state index in [-0.39, 0.29) is 5.43 Å². The molecule has 0 spiro atoms. The maximum atomic E-state index is 12.9. The molecule has 2 aromatic carbocycles. The third kappa shape index (κ3) is 3.93. The van der Waals surface area contributed by atoms with E-state index < -0.39 is 11.9 Å². The maximum Gasteiger partial charge on any atom is 0.328 e. The summed E-state index contributed by atoms with van der Waals surface area (Å²) in [5.74, 6) is -1.21. The summed E-state index contributed by atoms with van der Waals surface area (Å²) in [5, 5.41) is 11.6. The number of nitrogens with one attached hydrogen (secondary N) is 1. The number of allylic oxidation sites excluding steroid dienone is 1. The van der Waals surface area contributed by atoms with Gasteiger partial charge in [-0.25, -0.2) is 4.79 Å². The van der Waals surface area contributed by atoms with Crippen LogP contribution in [-0.2, 0) is 16.0 Å². The molecule has 150 valence electrons. The lowest BCUT2D eigenvalue weighted by Crippen LogP contribution is -2.11. The van der Waals surface area contributed by atoms with Gasteiger partial charge in [-0.3, -0.25) is 9.59 Å². The second-order valence-electron chi connectivity index (χ2n) is 7.19. The first kappa shape index (κ1) is 19.4. The number of benzene rings is 2. The third-order valence-electron chi connectivity index (χ3n) is 4.95. The fourth-order valence-electron chi connectivity index (χ4n) is 3.60. The summed E-state index contributed by atoms with van der Waals surface area (Å²) >= 11 is 0. The fraction of sp³-hybridized carbons (Fsp3) is 0.125. The maximum absolute atomic E-state index is 12.9. The summed E-state index contributed by atoms with van der Waals surface area (Å²) in [7, 11) is 0. The van der Waals surface area contributed by atoms with Crippen LogP contribution in [0.2, 0.25) is 0 Å². The van der Waals surface area contributed by atoms with Crippen LogP contribution >= 0.6 is 0 Å². The molecule has 0 saturated carbocycles. The number of hydrogen-bond acceptors (Lipinski definition) is 4. The van der Waals surface area contributed by atoms with Gasteiger partial charge in [-0.2, -0.15) is 0 Å². The zero-order valence-electron chi connectivity index (χ0n) is 16.3. The van der Waals surface area contributed by atoms with Crippen molar-refractivity contribution in [1.29, 1.82) is 0 Å². The van der Waals surface area contributed by atoms with E-state index in [4.69, 9.17) is 9.52 Å². The van der Waals surface area contributed by atoms with Crippen molar-refractivity contribution < 1.29 is 19.1 Å². The monoisotopic (exact) mass is 401 g/mol. The normalized spacial score (nSPS) is 14.4. The Morgan fingerprint density at radius 3 is 2.70 bits per heavy atom. The van der Waals surface area contributed by atoms with E-state index in [0.717, 1.165) is 35.3 Å². The number of rotatable bonds is 4. The smallest absolute Gasteiger partial charge is 0.328 e. The highest BCUT2D eigenvalue weighted by Crippen LogP contribution is 2.34. The van der Waals surface area contributed by atoms with Gasteiger partial charge >= 0.3 is 5.97 Å². The molecule has 6 nitrogen and oxygen atoms in total. The topological polar surface area (TPSA) is 96.6 Å². The van der Waals surface area contributed by atoms with E-state index in [1.54, 1.807) is 18.2 Å². The minimum absolute atomic E-state index is 0.0671. The second-order valence-corrected chi connectivity index (χ2v) is 7.19. The zero-order valence-corrected chi connectivity index (χ0v) is 16.3. The van der Waals surface area contributed by atoms with E-state index in [0.29, 0.717) is 34.4 Å². The molecule has 1 aliphatic carbocycles. The molecular formula is C24H19NO5. The molecule has 6 heteroatoms. The number of aliphatic carboxylic acids is 1. The first-order valence-corrected chi connectivity index (χ1v) is 9.50. The highest BCUT2D eigenvalue weighted by Gasteiger charge is 2.24. The van der Waals surface area contributed by atoms with E-state index in [2.05, 4.69) is 11.4 Å². The van der Waals surface area contributed by atoms with Crippen LogP contribution in [0, 0.1) is 6.92 Å². The highest BCUT2D eigenvalue weighted by atomic mass is 16.4. The fourth-order valence-corrected chi connectivity index (χ4v) is 3.60. The van der Waals surface area contributed by atoms with E-state index in [9.17, 15) is 14.4 Å². The van der Waals surface area contributed by atoms with Crippen LogP contribution in [0.4, 0.5) is 5.69 Å². The molecule has 30 heavy (non-hydrogen) atoms. The number of carbonyl (C=O) groups excluding carboxylic acids is 1. The van der Waals surface area contributed by atoms with Crippen molar-refractivity contribution in [2.45, 2.75) is 19.8 Å². The van der Waals surface area contributed by atoms with Crippen molar-refractivity contribution in [2.75, 3.05) is 5.32 Å². The predicted octanol–water partition coefficient (Wildman–Crippen LogP) is 4.17. The summed E-state index contributed by atoms with van der Waals surface area (Å²) in [6.07, 6.45) is 5.07. The number of amides is 1. The van der Waals surface area contributed by atoms with Crippen molar-refractivity contribution in [3.8, 4) is 0 Å². The number of hydrogen-bond donors (Lipinski definition) is 2. The van der Waals surface area contributed by atoms with Gasteiger partial charge in [-0.05, 0) is 49.1 Å². The van der Waals surface area contributed by atoms with Crippen LogP contribution in [0.5, 0.6) is 0 Å². The molecule has 0 saturated heterocycles. The van der Waals surface area contributed by atoms with Crippen molar-refractivity contribution in [2.24, 2.45) is 0 Å². The average Bonchev–Trinajstić information content (AvgIpc) is 3.09. The van der Waals surface area contributed by atoms with Crippen molar-refractivity contribution in [1.82, 2.24) is 0 Å². The van der Waals surface area contributed by atoms with E-state index in [1.165, 1.54) is 0 Å². The van der Waals surface area contributed by atoms with Crippen LogP contribution in [0.3, 0.4) is 0 Å². The van der Waals surface area contributed by atoms with Gasteiger partial charge in [-0.1, -0.05) is 29.8 Å². The molecule has 1 aromatic heterocycles. The lowest BCUT2D eigenvalue weighted by atomic mass is 10.1. The van der Waals surface area contributed by atoms with Gasteiger partial charge in [0.1, 0.15) is 11.3 Å². The molecule has 0 radical (unpaired) electrons. The van der Waals surface area contributed by atoms with E-state index >= 15 is 0 Å². The molecule has 1 aliphatic rings. The van der Waals surface area contributed by atoms with Crippen molar-refractivity contribution in [3.05, 3.63) is 87.3 Å². The quantitative estimate of drug-likeness (QED) is 0.640. The molecule has 1 heterocycles. The van der Waals surface area contributed by atoms with Crippen LogP contribution in [0.1, 0.15) is 28.9 Å². The molecule has 0 fully saturated rings. The lowest BCUT2D eigenvalue weighted by molar-refractivity contribution is -0.131. The Bertz CT molecular complexity index is 1300. The number of fused-ring (bicyclic) bond motifs is 2. The van der Waals surface area contributed by atoms with Crippen molar-refractivity contribution in [3.63, 3.8) is 0 Å². The third-order valence-corrected chi connectivity index (χ3v) is 4.95. The molecule has 0 aliphatic heterocycles. The highest BCUT2D eigenvalue weighted by molar-refractivity contribution is 6.03. The Hall–Kier alpha value is -3.93. The van der Waals surface area contributed by atoms with Gasteiger partial charge in [0, 0.05) is 29.5 Å². The van der Waals surface area contributed by atoms with Crippen LogP contribution in [-0.4, -0.2) is 17.0 Å². The molecule has 0 atom stereocenters. The van der Waals surface area contributed by atoms with E-state index in [1.807, 2.05) is 31.2 Å². The molecule has 3 aromatic rings. The average molecular weight is 401 g/mol. The molecule has 2 N–H and O–H groups in total. The van der Waals surface area contributed by atoms with Crippen LogP contribution in [0.25, 0.3) is 22.6 Å². The van der Waals surface area contributed by atoms with Crippen LogP contribution in [0.15, 0.2) is 63.8 Å². The first-order valence-electron chi connectivity index (χ1n) is 9.50. The summed E-state index contributed by atoms with van der Waals surface area (Å²) in [5.41, 5.74) is 4.55. The number of carboxylic acid groups (broad SMARTS) is 1. The Kier molecular flexibility index (Phi) is 5.06. The van der Waals surface area contributed by atoms with Gasteiger partial charge in [0.05, 0.1) is 5.39 Å². The summed E-state index contributed by atoms with van der Waals surface area (Å²) in [6.45, 7) is 2.03. The summed E-state index contributed by atoms with van der Waals surface area (Å²) < 4.78 is 6.09. The largest absolute Gasteiger partial charge is 0.478 e. The Balaban J connectivity index is 1.72. The van der Waals surface area contributed by atoms with Gasteiger partial charge in [0.2, 0.25) is 5.91 Å². The zero-order chi connectivity index (χ0) is 21.3. The molecule has 4 rings (SSSR count). The minimum atomic E-state index is -1.21. The number of carboxylic acids is 1. The summed E-state index contributed by atoms with van der Waals surface area (Å²) in [6, 6.07) is 12.9. The van der Waals surface area contributed by atoms with Gasteiger partial charge in [0.15, 0.2) is 5.43 Å². The standard InChI is InChI=1S/C24H19NO5/c1-14-3-2-4-15(11-14)12-16-5-7-19-23(29)18-8-6-17(13-20(18)30-24(16)19)25-21(26)9-10-22(27)28/h2-4,6,8-13H,5,7H2,1H3,(H,25,26)(H,27,28)/b10-9-,16-12?. The van der Waals surface area contributed by atoms with Gasteiger partial charge in [-0.15, -0.1) is 0 Å². The minimum Gasteiger partial charge on any atom is -0.478 e. The molecule has 1 amide bonds. The van der Waals surface area contributed by atoms with Crippen molar-refractivity contribution >= 4 is 40.2 Å². The SMILES string of the molecule is Cc1cccc(C=C2CCc3c2oc2cc(NC(=O)/C=C\C(=O)O)ccc2c3=O)c1. The Morgan fingerprint density at radius 1 is 1.10 bits per heavy atom. The molecular weight excluding hydrogens is 382 g/mol. The molecule has 0 unspecified atom stereocenters. The lowest BCUT2D eigenvalue weighted by Gasteiger charge is -2.07. The second kappa shape index (κ2) is 7.83. The number of anilines is 1. The predicted molar refractivity (Wildman–Crippen MR) is 115 cm³/mol. The Labute approximate surface area is 172 Å².